The van der Waals surface area contributed by atoms with Gasteiger partial charge in [-0.05, 0) is 31.2 Å². The van der Waals surface area contributed by atoms with Crippen LogP contribution in [0.5, 0.6) is 5.75 Å². The third kappa shape index (κ3) is 3.75. The number of benzene rings is 1. The molecule has 1 N–H and O–H groups in total. The highest BCUT2D eigenvalue weighted by Gasteiger charge is 2.16. The first kappa shape index (κ1) is 16.6. The van der Waals surface area contributed by atoms with Crippen molar-refractivity contribution in [2.24, 2.45) is 0 Å². The van der Waals surface area contributed by atoms with Crippen LogP contribution in [0.4, 0.5) is 8.78 Å². The van der Waals surface area contributed by atoms with E-state index >= 15 is 0 Å². The van der Waals surface area contributed by atoms with Crippen LogP contribution in [-0.2, 0) is 0 Å². The molecule has 2 aromatic rings. The van der Waals surface area contributed by atoms with Crippen LogP contribution in [-0.4, -0.2) is 30.3 Å². The molecule has 0 aliphatic heterocycles. The van der Waals surface area contributed by atoms with Gasteiger partial charge in [-0.1, -0.05) is 0 Å². The predicted octanol–water partition coefficient (Wildman–Crippen LogP) is 3.49. The highest BCUT2D eigenvalue weighted by atomic mass is 19.1. The summed E-state index contributed by atoms with van der Waals surface area (Å²) in [6.07, 6.45) is 1.26. The maximum atomic E-state index is 13.4. The van der Waals surface area contributed by atoms with Gasteiger partial charge < -0.3 is 9.84 Å². The monoisotopic (exact) mass is 295 g/mol. The first-order valence-electron chi connectivity index (χ1n) is 5.94. The van der Waals surface area contributed by atoms with Crippen molar-refractivity contribution in [3.63, 3.8) is 0 Å². The fourth-order valence-electron chi connectivity index (χ4n) is 1.84. The Bertz CT molecular complexity index is 645. The molecule has 1 heterocycles. The number of halogens is 2. The molecule has 0 spiro atoms. The summed E-state index contributed by atoms with van der Waals surface area (Å²) >= 11 is 0. The van der Waals surface area contributed by atoms with Gasteiger partial charge in [-0.2, -0.15) is 0 Å². The third-order valence-corrected chi connectivity index (χ3v) is 2.72. The molecule has 1 aromatic carbocycles. The van der Waals surface area contributed by atoms with Crippen molar-refractivity contribution in [2.45, 2.75) is 6.92 Å². The molecular weight excluding hydrogens is 280 g/mol. The molecule has 112 valence electrons. The molecule has 0 amide bonds. The molecular formula is C15H15F2NO3. The van der Waals surface area contributed by atoms with Crippen molar-refractivity contribution in [3.05, 3.63) is 47.5 Å². The summed E-state index contributed by atoms with van der Waals surface area (Å²) in [7, 11) is 1.95. The second-order valence-electron chi connectivity index (χ2n) is 4.02. The van der Waals surface area contributed by atoms with E-state index in [0.717, 1.165) is 0 Å². The van der Waals surface area contributed by atoms with Crippen LogP contribution in [0.25, 0.3) is 11.1 Å². The Hall–Kier alpha value is -2.50. The number of methoxy groups -OCH3 is 1. The number of aryl methyl sites for hydroxylation is 1. The molecule has 4 nitrogen and oxygen atoms in total. The minimum Gasteiger partial charge on any atom is -0.496 e. The lowest BCUT2D eigenvalue weighted by Crippen LogP contribution is -2.02. The average molecular weight is 295 g/mol. The zero-order valence-corrected chi connectivity index (χ0v) is 11.9. The molecule has 6 heteroatoms. The van der Waals surface area contributed by atoms with Crippen molar-refractivity contribution < 1.29 is 23.4 Å². The predicted molar refractivity (Wildman–Crippen MR) is 74.9 cm³/mol. The van der Waals surface area contributed by atoms with Crippen LogP contribution in [0.3, 0.4) is 0 Å². The molecule has 0 radical (unpaired) electrons. The van der Waals surface area contributed by atoms with Crippen LogP contribution in [0.15, 0.2) is 30.5 Å². The largest absolute Gasteiger partial charge is 0.496 e. The minimum absolute atomic E-state index is 0.00880. The molecule has 0 fully saturated rings. The fraction of sp³-hybridized carbons (Fsp3) is 0.200. The number of aromatic nitrogens is 1. The Balaban J connectivity index is 0.00000106. The van der Waals surface area contributed by atoms with Crippen LogP contribution in [0.1, 0.15) is 16.1 Å². The third-order valence-electron chi connectivity index (χ3n) is 2.72. The summed E-state index contributed by atoms with van der Waals surface area (Å²) in [5.74, 6) is -1.16. The number of carboxylic acid groups (broad SMARTS) is 1. The first-order valence-corrected chi connectivity index (χ1v) is 5.94. The van der Waals surface area contributed by atoms with E-state index in [1.807, 2.05) is 0 Å². The van der Waals surface area contributed by atoms with Crippen molar-refractivity contribution in [3.8, 4) is 16.9 Å². The Labute approximate surface area is 121 Å². The van der Waals surface area contributed by atoms with E-state index in [2.05, 4.69) is 4.98 Å². The first-order chi connectivity index (χ1) is 10.0. The Kier molecular flexibility index (Phi) is 5.78. The topological polar surface area (TPSA) is 59.4 Å². The van der Waals surface area contributed by atoms with Crippen LogP contribution in [0.2, 0.25) is 0 Å². The molecule has 0 atom stereocenters. The normalized spacial score (nSPS) is 9.57. The number of rotatable bonds is 3. The van der Waals surface area contributed by atoms with Crippen molar-refractivity contribution in [1.82, 2.24) is 4.98 Å². The molecule has 1 aromatic heterocycles. The van der Waals surface area contributed by atoms with Gasteiger partial charge in [0.1, 0.15) is 11.6 Å². The summed E-state index contributed by atoms with van der Waals surface area (Å²) < 4.78 is 28.0. The highest BCUT2D eigenvalue weighted by Crippen LogP contribution is 2.33. The number of alkyl halides is 1. The molecule has 0 bridgehead atoms. The van der Waals surface area contributed by atoms with Gasteiger partial charge in [0.25, 0.3) is 0 Å². The van der Waals surface area contributed by atoms with Crippen molar-refractivity contribution in [2.75, 3.05) is 14.3 Å². The van der Waals surface area contributed by atoms with Crippen LogP contribution >= 0.6 is 0 Å². The number of carboxylic acids is 1. The number of hydrogen-bond acceptors (Lipinski definition) is 3. The van der Waals surface area contributed by atoms with Gasteiger partial charge in [0.15, 0.2) is 0 Å². The lowest BCUT2D eigenvalue weighted by Gasteiger charge is -2.11. The quantitative estimate of drug-likeness (QED) is 0.941. The summed E-state index contributed by atoms with van der Waals surface area (Å²) in [6.45, 7) is 1.74. The Morgan fingerprint density at radius 2 is 1.90 bits per heavy atom. The minimum atomic E-state index is -1.12. The van der Waals surface area contributed by atoms with E-state index in [9.17, 15) is 18.7 Å². The van der Waals surface area contributed by atoms with Crippen molar-refractivity contribution >= 4 is 5.97 Å². The molecule has 0 aliphatic carbocycles. The number of carbonyl (C=O) groups is 1. The van der Waals surface area contributed by atoms with Gasteiger partial charge in [0, 0.05) is 23.0 Å². The number of hydrogen-bond donors (Lipinski definition) is 1. The van der Waals surface area contributed by atoms with E-state index < -0.39 is 11.8 Å². The number of pyridine rings is 1. The summed E-state index contributed by atoms with van der Waals surface area (Å²) in [4.78, 5) is 15.2. The Morgan fingerprint density at radius 1 is 1.24 bits per heavy atom. The Morgan fingerprint density at radius 3 is 2.48 bits per heavy atom. The fourth-order valence-corrected chi connectivity index (χ4v) is 1.84. The molecule has 0 aliphatic rings. The molecule has 2 rings (SSSR count). The molecule has 0 saturated carbocycles. The zero-order valence-electron chi connectivity index (χ0n) is 11.9. The van der Waals surface area contributed by atoms with E-state index in [1.165, 1.54) is 31.5 Å². The van der Waals surface area contributed by atoms with E-state index in [1.54, 1.807) is 13.0 Å². The maximum absolute atomic E-state index is 13.4. The maximum Gasteiger partial charge on any atom is 0.337 e. The van der Waals surface area contributed by atoms with Crippen molar-refractivity contribution in [1.29, 1.82) is 0 Å². The molecule has 0 saturated heterocycles. The number of nitrogens with zero attached hydrogens (tertiary/aromatic N) is 1. The number of ether oxygens (including phenoxy) is 1. The molecule has 0 unspecified atom stereocenters. The van der Waals surface area contributed by atoms with Gasteiger partial charge >= 0.3 is 5.97 Å². The van der Waals surface area contributed by atoms with Gasteiger partial charge in [0.2, 0.25) is 0 Å². The van der Waals surface area contributed by atoms with Gasteiger partial charge in [-0.3, -0.25) is 9.37 Å². The van der Waals surface area contributed by atoms with E-state index in [0.29, 0.717) is 29.7 Å². The second-order valence-corrected chi connectivity index (χ2v) is 4.02. The summed E-state index contributed by atoms with van der Waals surface area (Å²) in [6, 6.07) is 5.57. The number of aromatic carboxylic acids is 1. The average Bonchev–Trinajstić information content (AvgIpc) is 2.48. The van der Waals surface area contributed by atoms with Gasteiger partial charge in [-0.25, -0.2) is 9.18 Å². The van der Waals surface area contributed by atoms with Crippen LogP contribution < -0.4 is 4.74 Å². The van der Waals surface area contributed by atoms with Gasteiger partial charge in [0.05, 0.1) is 19.9 Å². The lowest BCUT2D eigenvalue weighted by atomic mass is 9.99. The molecule has 21 heavy (non-hydrogen) atoms. The lowest BCUT2D eigenvalue weighted by molar-refractivity contribution is 0.0697. The van der Waals surface area contributed by atoms with E-state index in [-0.39, 0.29) is 5.56 Å². The summed E-state index contributed by atoms with van der Waals surface area (Å²) in [5, 5.41) is 9.18. The standard InChI is InChI=1S/C14H12FNO3.CH3F/c1-8-5-10(12(7-16-8)14(17)18)11-6-9(15)3-4-13(11)19-2;1-2/h3-7H,1-2H3,(H,17,18);1H3. The van der Waals surface area contributed by atoms with Crippen LogP contribution in [0, 0.1) is 12.7 Å². The SMILES string of the molecule is CF.COc1ccc(F)cc1-c1cc(C)ncc1C(=O)O. The van der Waals surface area contributed by atoms with E-state index in [4.69, 9.17) is 4.74 Å². The highest BCUT2D eigenvalue weighted by molar-refractivity contribution is 5.96. The second kappa shape index (κ2) is 7.33. The summed E-state index contributed by atoms with van der Waals surface area (Å²) in [5.41, 5.74) is 1.43. The smallest absolute Gasteiger partial charge is 0.337 e. The van der Waals surface area contributed by atoms with Gasteiger partial charge in [-0.15, -0.1) is 0 Å². The zero-order chi connectivity index (χ0) is 16.0.